The molecule has 0 unspecified atom stereocenters. The number of methoxy groups -OCH3 is 1. The summed E-state index contributed by atoms with van der Waals surface area (Å²) in [4.78, 5) is 21.9. The van der Waals surface area contributed by atoms with Crippen molar-refractivity contribution in [2.24, 2.45) is 0 Å². The Morgan fingerprint density at radius 2 is 1.95 bits per heavy atom. The lowest BCUT2D eigenvalue weighted by Gasteiger charge is -2.08. The van der Waals surface area contributed by atoms with Crippen LogP contribution in [0.2, 0.25) is 0 Å². The topological polar surface area (TPSA) is 90.7 Å². The number of carbonyl (C=O) groups is 1. The van der Waals surface area contributed by atoms with E-state index in [2.05, 4.69) is 5.32 Å². The number of nitro groups is 1. The third-order valence-electron chi connectivity index (χ3n) is 2.84. The van der Waals surface area contributed by atoms with E-state index in [1.807, 2.05) is 30.3 Å². The summed E-state index contributed by atoms with van der Waals surface area (Å²) in [6.45, 7) is 0.136. The van der Waals surface area contributed by atoms with Crippen LogP contribution in [0.15, 0.2) is 48.5 Å². The van der Waals surface area contributed by atoms with E-state index in [0.29, 0.717) is 5.69 Å². The molecule has 0 aromatic heterocycles. The molecule has 0 aliphatic rings. The van der Waals surface area contributed by atoms with Crippen molar-refractivity contribution in [2.45, 2.75) is 6.61 Å². The van der Waals surface area contributed by atoms with Gasteiger partial charge >= 0.3 is 11.8 Å². The summed E-state index contributed by atoms with van der Waals surface area (Å²) in [6, 6.07) is 13.3. The van der Waals surface area contributed by atoms with Gasteiger partial charge in [-0.1, -0.05) is 30.3 Å². The molecule has 114 valence electrons. The molecule has 0 spiro atoms. The van der Waals surface area contributed by atoms with Gasteiger partial charge in [-0.15, -0.1) is 0 Å². The highest BCUT2D eigenvalue weighted by Gasteiger charge is 2.15. The van der Waals surface area contributed by atoms with Gasteiger partial charge in [-0.3, -0.25) is 15.4 Å². The van der Waals surface area contributed by atoms with Crippen LogP contribution in [0.25, 0.3) is 0 Å². The number of rotatable bonds is 5. The van der Waals surface area contributed by atoms with Crippen LogP contribution in [0.3, 0.4) is 0 Å². The van der Waals surface area contributed by atoms with Gasteiger partial charge in [-0.05, 0) is 11.6 Å². The summed E-state index contributed by atoms with van der Waals surface area (Å²) in [5.74, 6) is 0.0610. The predicted molar refractivity (Wildman–Crippen MR) is 79.9 cm³/mol. The van der Waals surface area contributed by atoms with E-state index in [1.165, 1.54) is 25.3 Å². The van der Waals surface area contributed by atoms with Gasteiger partial charge in [0.1, 0.15) is 6.61 Å². The third kappa shape index (κ3) is 3.95. The molecule has 2 aromatic carbocycles. The molecule has 0 aliphatic heterocycles. The fraction of sp³-hybridized carbons (Fsp3) is 0.133. The van der Waals surface area contributed by atoms with Crippen molar-refractivity contribution in [3.63, 3.8) is 0 Å². The van der Waals surface area contributed by atoms with E-state index in [0.717, 1.165) is 5.56 Å². The van der Waals surface area contributed by atoms with Crippen LogP contribution in [-0.2, 0) is 11.3 Å². The lowest BCUT2D eigenvalue weighted by atomic mass is 10.2. The van der Waals surface area contributed by atoms with E-state index in [1.54, 1.807) is 0 Å². The Morgan fingerprint density at radius 3 is 2.59 bits per heavy atom. The predicted octanol–water partition coefficient (Wildman–Crippen LogP) is 3.35. The highest BCUT2D eigenvalue weighted by molar-refractivity contribution is 5.85. The Morgan fingerprint density at radius 1 is 1.23 bits per heavy atom. The SMILES string of the molecule is COc1cc(NC(=O)OCc2ccccc2)ccc1[N+](=O)[O-]. The number of hydrogen-bond donors (Lipinski definition) is 1. The van der Waals surface area contributed by atoms with Crippen molar-refractivity contribution < 1.29 is 19.2 Å². The fourth-order valence-electron chi connectivity index (χ4n) is 1.78. The third-order valence-corrected chi connectivity index (χ3v) is 2.84. The minimum atomic E-state index is -0.653. The number of amides is 1. The van der Waals surface area contributed by atoms with Gasteiger partial charge in [0.25, 0.3) is 0 Å². The lowest BCUT2D eigenvalue weighted by Crippen LogP contribution is -2.13. The maximum absolute atomic E-state index is 11.7. The maximum atomic E-state index is 11.7. The molecule has 2 aromatic rings. The molecule has 0 bridgehead atoms. The highest BCUT2D eigenvalue weighted by atomic mass is 16.6. The number of hydrogen-bond acceptors (Lipinski definition) is 5. The second kappa shape index (κ2) is 7.07. The number of ether oxygens (including phenoxy) is 2. The number of anilines is 1. The van der Waals surface area contributed by atoms with Crippen LogP contribution >= 0.6 is 0 Å². The van der Waals surface area contributed by atoms with Crippen LogP contribution < -0.4 is 10.1 Å². The van der Waals surface area contributed by atoms with Gasteiger partial charge in [-0.25, -0.2) is 4.79 Å². The molecule has 2 rings (SSSR count). The molecule has 1 N–H and O–H groups in total. The molecule has 0 radical (unpaired) electrons. The molecule has 0 saturated heterocycles. The summed E-state index contributed by atoms with van der Waals surface area (Å²) in [7, 11) is 1.32. The van der Waals surface area contributed by atoms with Gasteiger partial charge in [0.2, 0.25) is 0 Å². The highest BCUT2D eigenvalue weighted by Crippen LogP contribution is 2.29. The molecular weight excluding hydrogens is 288 g/mol. The van der Waals surface area contributed by atoms with Crippen LogP contribution in [0.5, 0.6) is 5.75 Å². The lowest BCUT2D eigenvalue weighted by molar-refractivity contribution is -0.385. The molecule has 0 fully saturated rings. The minimum Gasteiger partial charge on any atom is -0.490 e. The number of nitro benzene ring substituents is 1. The Hall–Kier alpha value is -3.09. The fourth-order valence-corrected chi connectivity index (χ4v) is 1.78. The van der Waals surface area contributed by atoms with Crippen molar-refractivity contribution in [3.8, 4) is 5.75 Å². The Labute approximate surface area is 126 Å². The van der Waals surface area contributed by atoms with Crippen molar-refractivity contribution in [2.75, 3.05) is 12.4 Å². The van der Waals surface area contributed by atoms with Crippen molar-refractivity contribution >= 4 is 17.5 Å². The smallest absolute Gasteiger partial charge is 0.411 e. The Bertz CT molecular complexity index is 673. The first-order valence-corrected chi connectivity index (χ1v) is 6.40. The largest absolute Gasteiger partial charge is 0.490 e. The zero-order chi connectivity index (χ0) is 15.9. The first kappa shape index (κ1) is 15.3. The quantitative estimate of drug-likeness (QED) is 0.675. The van der Waals surface area contributed by atoms with Gasteiger partial charge in [-0.2, -0.15) is 0 Å². The van der Waals surface area contributed by atoms with Gasteiger partial charge < -0.3 is 9.47 Å². The first-order chi connectivity index (χ1) is 10.6. The van der Waals surface area contributed by atoms with E-state index >= 15 is 0 Å². The standard InChI is InChI=1S/C15H14N2O5/c1-21-14-9-12(7-8-13(14)17(19)20)16-15(18)22-10-11-5-3-2-4-6-11/h2-9H,10H2,1H3,(H,16,18). The van der Waals surface area contributed by atoms with Gasteiger partial charge in [0.15, 0.2) is 5.75 Å². The summed E-state index contributed by atoms with van der Waals surface area (Å²) >= 11 is 0. The molecular formula is C15H14N2O5. The molecule has 7 heteroatoms. The summed E-state index contributed by atoms with van der Waals surface area (Å²) in [6.07, 6.45) is -0.653. The van der Waals surface area contributed by atoms with Gasteiger partial charge in [0, 0.05) is 17.8 Å². The zero-order valence-corrected chi connectivity index (χ0v) is 11.8. The second-order valence-electron chi connectivity index (χ2n) is 4.33. The molecule has 22 heavy (non-hydrogen) atoms. The van der Waals surface area contributed by atoms with Gasteiger partial charge in [0.05, 0.1) is 12.0 Å². The average Bonchev–Trinajstić information content (AvgIpc) is 2.53. The Balaban J connectivity index is 1.98. The van der Waals surface area contributed by atoms with E-state index < -0.39 is 11.0 Å². The van der Waals surface area contributed by atoms with Crippen LogP contribution in [0, 0.1) is 10.1 Å². The minimum absolute atomic E-state index is 0.0610. The van der Waals surface area contributed by atoms with Crippen molar-refractivity contribution in [1.82, 2.24) is 0 Å². The molecule has 0 aliphatic carbocycles. The molecule has 1 amide bonds. The second-order valence-corrected chi connectivity index (χ2v) is 4.33. The monoisotopic (exact) mass is 302 g/mol. The van der Waals surface area contributed by atoms with Crippen molar-refractivity contribution in [1.29, 1.82) is 0 Å². The van der Waals surface area contributed by atoms with Crippen LogP contribution in [0.4, 0.5) is 16.2 Å². The summed E-state index contributed by atoms with van der Waals surface area (Å²) < 4.78 is 9.98. The van der Waals surface area contributed by atoms with Crippen LogP contribution in [0.1, 0.15) is 5.56 Å². The number of carbonyl (C=O) groups excluding carboxylic acids is 1. The maximum Gasteiger partial charge on any atom is 0.411 e. The van der Waals surface area contributed by atoms with E-state index in [4.69, 9.17) is 9.47 Å². The average molecular weight is 302 g/mol. The summed E-state index contributed by atoms with van der Waals surface area (Å²) in [5, 5.41) is 13.3. The van der Waals surface area contributed by atoms with E-state index in [-0.39, 0.29) is 18.0 Å². The number of benzene rings is 2. The van der Waals surface area contributed by atoms with E-state index in [9.17, 15) is 14.9 Å². The van der Waals surface area contributed by atoms with Crippen molar-refractivity contribution in [3.05, 3.63) is 64.2 Å². The Kier molecular flexibility index (Phi) is 4.92. The first-order valence-electron chi connectivity index (χ1n) is 6.40. The zero-order valence-electron chi connectivity index (χ0n) is 11.8. The summed E-state index contributed by atoms with van der Waals surface area (Å²) in [5.41, 5.74) is 1.03. The number of nitrogens with one attached hydrogen (secondary N) is 1. The molecule has 0 saturated carbocycles. The molecule has 7 nitrogen and oxygen atoms in total. The van der Waals surface area contributed by atoms with Crippen LogP contribution in [-0.4, -0.2) is 18.1 Å². The number of nitrogens with zero attached hydrogens (tertiary/aromatic N) is 1. The molecule has 0 atom stereocenters. The normalized spacial score (nSPS) is 9.86. The molecule has 0 heterocycles.